The summed E-state index contributed by atoms with van der Waals surface area (Å²) in [5.74, 6) is 2.74. The van der Waals surface area contributed by atoms with E-state index in [0.29, 0.717) is 0 Å². The maximum Gasteiger partial charge on any atom is 0.134 e. The van der Waals surface area contributed by atoms with Crippen molar-refractivity contribution in [3.63, 3.8) is 0 Å². The topological polar surface area (TPSA) is 44.3 Å². The molecule has 1 aliphatic heterocycles. The first-order valence-corrected chi connectivity index (χ1v) is 6.09. The van der Waals surface area contributed by atoms with E-state index in [-0.39, 0.29) is 0 Å². The lowest BCUT2D eigenvalue weighted by atomic mass is 10.1. The van der Waals surface area contributed by atoms with Crippen molar-refractivity contribution in [3.05, 3.63) is 12.4 Å². The number of aromatic nitrogens is 2. The number of hydrogen-bond acceptors (Lipinski definition) is 5. The summed E-state index contributed by atoms with van der Waals surface area (Å²) in [6.45, 7) is 3.27. The molecule has 1 aromatic rings. The summed E-state index contributed by atoms with van der Waals surface area (Å²) >= 11 is 0. The second kappa shape index (κ2) is 5.31. The lowest BCUT2D eigenvalue weighted by Crippen LogP contribution is -2.25. The number of nitrogens with zero attached hydrogens (tertiary/aromatic N) is 4. The Balaban J connectivity index is 2.05. The molecule has 5 heteroatoms. The average molecular weight is 235 g/mol. The van der Waals surface area contributed by atoms with Crippen molar-refractivity contribution < 1.29 is 0 Å². The fourth-order valence-electron chi connectivity index (χ4n) is 2.25. The molecule has 5 nitrogen and oxygen atoms in total. The Labute approximate surface area is 103 Å². The number of hydrogen-bond donors (Lipinski definition) is 1. The van der Waals surface area contributed by atoms with Gasteiger partial charge in [0.1, 0.15) is 18.0 Å². The van der Waals surface area contributed by atoms with Gasteiger partial charge in [0.25, 0.3) is 0 Å². The molecule has 0 aromatic carbocycles. The first-order chi connectivity index (χ1) is 8.20. The minimum Gasteiger partial charge on any atom is -0.363 e. The quantitative estimate of drug-likeness (QED) is 0.827. The van der Waals surface area contributed by atoms with E-state index in [1.54, 1.807) is 6.33 Å². The summed E-state index contributed by atoms with van der Waals surface area (Å²) in [5.41, 5.74) is 0. The molecule has 0 spiro atoms. The highest BCUT2D eigenvalue weighted by Crippen LogP contribution is 2.23. The zero-order valence-corrected chi connectivity index (χ0v) is 10.8. The lowest BCUT2D eigenvalue weighted by Gasteiger charge is -2.19. The predicted molar refractivity (Wildman–Crippen MR) is 70.6 cm³/mol. The summed E-state index contributed by atoms with van der Waals surface area (Å²) in [6, 6.07) is 2.06. The number of nitrogens with one attached hydrogen (secondary N) is 1. The Bertz CT molecular complexity index is 366. The average Bonchev–Trinajstić information content (AvgIpc) is 2.78. The van der Waals surface area contributed by atoms with Gasteiger partial charge in [-0.25, -0.2) is 9.97 Å². The Morgan fingerprint density at radius 3 is 3.00 bits per heavy atom. The van der Waals surface area contributed by atoms with Crippen molar-refractivity contribution in [1.82, 2.24) is 15.3 Å². The van der Waals surface area contributed by atoms with Crippen LogP contribution in [0.2, 0.25) is 0 Å². The van der Waals surface area contributed by atoms with Crippen LogP contribution in [0.5, 0.6) is 0 Å². The van der Waals surface area contributed by atoms with E-state index in [1.165, 1.54) is 6.42 Å². The molecule has 94 valence electrons. The maximum absolute atomic E-state index is 4.37. The molecular formula is C12H21N5. The second-order valence-corrected chi connectivity index (χ2v) is 4.79. The van der Waals surface area contributed by atoms with Gasteiger partial charge in [-0.15, -0.1) is 0 Å². The van der Waals surface area contributed by atoms with Crippen LogP contribution in [0.3, 0.4) is 0 Å². The van der Waals surface area contributed by atoms with Gasteiger partial charge in [-0.1, -0.05) is 0 Å². The van der Waals surface area contributed by atoms with Gasteiger partial charge < -0.3 is 15.1 Å². The summed E-state index contributed by atoms with van der Waals surface area (Å²) in [5, 5.41) is 3.24. The van der Waals surface area contributed by atoms with Crippen LogP contribution >= 0.6 is 0 Å². The Kier molecular flexibility index (Phi) is 3.78. The molecule has 2 heterocycles. The van der Waals surface area contributed by atoms with Crippen LogP contribution in [0.1, 0.15) is 6.42 Å². The molecule has 0 amide bonds. The van der Waals surface area contributed by atoms with E-state index in [4.69, 9.17) is 0 Å². The van der Waals surface area contributed by atoms with Crippen LogP contribution in [-0.2, 0) is 0 Å². The van der Waals surface area contributed by atoms with Crippen LogP contribution in [0, 0.1) is 5.92 Å². The summed E-state index contributed by atoms with van der Waals surface area (Å²) < 4.78 is 0. The summed E-state index contributed by atoms with van der Waals surface area (Å²) in [7, 11) is 6.01. The monoisotopic (exact) mass is 235 g/mol. The smallest absolute Gasteiger partial charge is 0.134 e. The fraction of sp³-hybridized carbons (Fsp3) is 0.667. The third kappa shape index (κ3) is 2.85. The van der Waals surface area contributed by atoms with Gasteiger partial charge in [0, 0.05) is 33.3 Å². The van der Waals surface area contributed by atoms with Gasteiger partial charge in [-0.05, 0) is 25.9 Å². The van der Waals surface area contributed by atoms with Crippen LogP contribution in [0.4, 0.5) is 11.6 Å². The van der Waals surface area contributed by atoms with Crippen LogP contribution in [-0.4, -0.2) is 50.7 Å². The molecule has 1 N–H and O–H groups in total. The van der Waals surface area contributed by atoms with Crippen molar-refractivity contribution in [1.29, 1.82) is 0 Å². The van der Waals surface area contributed by atoms with Gasteiger partial charge in [-0.2, -0.15) is 0 Å². The van der Waals surface area contributed by atoms with E-state index < -0.39 is 0 Å². The molecule has 1 aromatic heterocycles. The zero-order chi connectivity index (χ0) is 12.3. The molecule has 1 fully saturated rings. The molecule has 1 saturated heterocycles. The largest absolute Gasteiger partial charge is 0.363 e. The molecule has 1 aliphatic rings. The molecule has 17 heavy (non-hydrogen) atoms. The molecule has 1 unspecified atom stereocenters. The summed E-state index contributed by atoms with van der Waals surface area (Å²) in [4.78, 5) is 13.0. The normalized spacial score (nSPS) is 19.7. The molecule has 0 saturated carbocycles. The summed E-state index contributed by atoms with van der Waals surface area (Å²) in [6.07, 6.45) is 2.89. The first-order valence-electron chi connectivity index (χ1n) is 6.09. The fourth-order valence-corrected chi connectivity index (χ4v) is 2.25. The van der Waals surface area contributed by atoms with Crippen molar-refractivity contribution in [3.8, 4) is 0 Å². The molecule has 2 rings (SSSR count). The Morgan fingerprint density at radius 1 is 1.47 bits per heavy atom. The standard InChI is InChI=1S/C12H21N5/c1-13-7-10-4-5-17(8-10)12-6-11(16(2)3)14-9-15-12/h6,9-10,13H,4-5,7-8H2,1-3H3. The third-order valence-corrected chi connectivity index (χ3v) is 3.20. The van der Waals surface area contributed by atoms with Gasteiger partial charge in [-0.3, -0.25) is 0 Å². The van der Waals surface area contributed by atoms with Gasteiger partial charge >= 0.3 is 0 Å². The Hall–Kier alpha value is -1.36. The molecular weight excluding hydrogens is 214 g/mol. The van der Waals surface area contributed by atoms with Crippen molar-refractivity contribution in [2.75, 3.05) is 50.6 Å². The Morgan fingerprint density at radius 2 is 2.29 bits per heavy atom. The highest BCUT2D eigenvalue weighted by Gasteiger charge is 2.23. The van der Waals surface area contributed by atoms with Crippen molar-refractivity contribution in [2.45, 2.75) is 6.42 Å². The lowest BCUT2D eigenvalue weighted by molar-refractivity contribution is 0.549. The van der Waals surface area contributed by atoms with Crippen LogP contribution < -0.4 is 15.1 Å². The second-order valence-electron chi connectivity index (χ2n) is 4.79. The van der Waals surface area contributed by atoms with Gasteiger partial charge in [0.2, 0.25) is 0 Å². The zero-order valence-electron chi connectivity index (χ0n) is 10.8. The first kappa shape index (κ1) is 12.1. The van der Waals surface area contributed by atoms with Crippen LogP contribution in [0.25, 0.3) is 0 Å². The molecule has 0 radical (unpaired) electrons. The maximum atomic E-state index is 4.37. The number of rotatable bonds is 4. The van der Waals surface area contributed by atoms with Crippen molar-refractivity contribution >= 4 is 11.6 Å². The molecule has 0 bridgehead atoms. The van der Waals surface area contributed by atoms with E-state index in [2.05, 4.69) is 26.3 Å². The third-order valence-electron chi connectivity index (χ3n) is 3.20. The highest BCUT2D eigenvalue weighted by molar-refractivity contribution is 5.49. The minimum atomic E-state index is 0.734. The van der Waals surface area contributed by atoms with Crippen molar-refractivity contribution in [2.24, 2.45) is 5.92 Å². The van der Waals surface area contributed by atoms with Gasteiger partial charge in [0.05, 0.1) is 0 Å². The molecule has 1 atom stereocenters. The van der Waals surface area contributed by atoms with Crippen LogP contribution in [0.15, 0.2) is 12.4 Å². The highest BCUT2D eigenvalue weighted by atomic mass is 15.2. The SMILES string of the molecule is CNCC1CCN(c2cc(N(C)C)ncn2)C1. The van der Waals surface area contributed by atoms with E-state index in [1.807, 2.05) is 26.0 Å². The van der Waals surface area contributed by atoms with E-state index >= 15 is 0 Å². The van der Waals surface area contributed by atoms with E-state index in [0.717, 1.165) is 37.2 Å². The molecule has 0 aliphatic carbocycles. The minimum absolute atomic E-state index is 0.734. The van der Waals surface area contributed by atoms with E-state index in [9.17, 15) is 0 Å². The van der Waals surface area contributed by atoms with Gasteiger partial charge in [0.15, 0.2) is 0 Å². The number of anilines is 2. The predicted octanol–water partition coefficient (Wildman–Crippen LogP) is 0.588.